The van der Waals surface area contributed by atoms with Gasteiger partial charge in [-0.25, -0.2) is 0 Å². The Morgan fingerprint density at radius 1 is 1.47 bits per heavy atom. The molecule has 1 aliphatic heterocycles. The summed E-state index contributed by atoms with van der Waals surface area (Å²) in [5.41, 5.74) is 2.31. The van der Waals surface area contributed by atoms with E-state index in [1.165, 1.54) is 0 Å². The molecule has 1 atom stereocenters. The van der Waals surface area contributed by atoms with Gasteiger partial charge < -0.3 is 10.1 Å². The van der Waals surface area contributed by atoms with Crippen LogP contribution in [-0.2, 0) is 0 Å². The number of H-pyrrole nitrogens is 1. The van der Waals surface area contributed by atoms with Gasteiger partial charge >= 0.3 is 0 Å². The fourth-order valence-corrected chi connectivity index (χ4v) is 2.26. The van der Waals surface area contributed by atoms with Crippen molar-refractivity contribution in [3.63, 3.8) is 0 Å². The number of hydrogen-bond acceptors (Lipinski definition) is 3. The number of aromatic nitrogens is 2. The van der Waals surface area contributed by atoms with Crippen molar-refractivity contribution in [3.05, 3.63) is 47.3 Å². The van der Waals surface area contributed by atoms with Crippen LogP contribution in [0.4, 0.5) is 0 Å². The first-order valence-corrected chi connectivity index (χ1v) is 6.28. The zero-order valence-electron chi connectivity index (χ0n) is 10.6. The highest BCUT2D eigenvalue weighted by molar-refractivity contribution is 5.92. The third-order valence-corrected chi connectivity index (χ3v) is 3.20. The molecule has 5 nitrogen and oxygen atoms in total. The smallest absolute Gasteiger partial charge is 0.272 e. The third-order valence-electron chi connectivity index (χ3n) is 3.20. The number of benzene rings is 1. The molecule has 0 unspecified atom stereocenters. The molecule has 98 valence electrons. The summed E-state index contributed by atoms with van der Waals surface area (Å²) in [4.78, 5) is 12.1. The Bertz CT molecular complexity index is 606. The van der Waals surface area contributed by atoms with Crippen LogP contribution in [0.5, 0.6) is 5.75 Å². The van der Waals surface area contributed by atoms with Gasteiger partial charge in [0.1, 0.15) is 11.4 Å². The predicted molar refractivity (Wildman–Crippen MR) is 70.1 cm³/mol. The Kier molecular flexibility index (Phi) is 2.95. The molecule has 1 aromatic heterocycles. The molecular formula is C14H15N3O2. The predicted octanol–water partition coefficient (Wildman–Crippen LogP) is 1.97. The van der Waals surface area contributed by atoms with E-state index in [1.54, 1.807) is 6.07 Å². The van der Waals surface area contributed by atoms with Crippen LogP contribution in [-0.4, -0.2) is 22.7 Å². The Hall–Kier alpha value is -2.30. The van der Waals surface area contributed by atoms with E-state index in [4.69, 9.17) is 4.74 Å². The van der Waals surface area contributed by atoms with E-state index in [-0.39, 0.29) is 11.9 Å². The lowest BCUT2D eigenvalue weighted by Gasteiger charge is -2.26. The highest BCUT2D eigenvalue weighted by Crippen LogP contribution is 2.31. The van der Waals surface area contributed by atoms with Crippen molar-refractivity contribution in [1.82, 2.24) is 15.5 Å². The summed E-state index contributed by atoms with van der Waals surface area (Å²) >= 11 is 0. The van der Waals surface area contributed by atoms with E-state index >= 15 is 0 Å². The summed E-state index contributed by atoms with van der Waals surface area (Å²) < 4.78 is 5.57. The second kappa shape index (κ2) is 4.76. The molecule has 3 rings (SSSR count). The summed E-state index contributed by atoms with van der Waals surface area (Å²) in [5.74, 6) is 0.684. The van der Waals surface area contributed by atoms with Crippen LogP contribution in [0.25, 0.3) is 0 Å². The topological polar surface area (TPSA) is 67.0 Å². The second-order valence-corrected chi connectivity index (χ2v) is 4.64. The SMILES string of the molecule is Cc1cc(C(=O)N[C@@H]2CCOc3ccccc32)n[nH]1. The van der Waals surface area contributed by atoms with E-state index in [9.17, 15) is 4.79 Å². The number of carbonyl (C=O) groups excluding carboxylic acids is 1. The molecule has 5 heteroatoms. The van der Waals surface area contributed by atoms with Crippen LogP contribution >= 0.6 is 0 Å². The van der Waals surface area contributed by atoms with Gasteiger partial charge in [0.05, 0.1) is 12.6 Å². The quantitative estimate of drug-likeness (QED) is 0.864. The van der Waals surface area contributed by atoms with Gasteiger partial charge in [-0.05, 0) is 19.1 Å². The minimum atomic E-state index is -0.161. The summed E-state index contributed by atoms with van der Waals surface area (Å²) in [6.07, 6.45) is 0.770. The van der Waals surface area contributed by atoms with Gasteiger partial charge in [-0.15, -0.1) is 0 Å². The number of aryl methyl sites for hydroxylation is 1. The van der Waals surface area contributed by atoms with Gasteiger partial charge in [-0.3, -0.25) is 9.89 Å². The molecule has 0 spiro atoms. The van der Waals surface area contributed by atoms with Gasteiger partial charge in [0.2, 0.25) is 0 Å². The number of para-hydroxylation sites is 1. The molecule has 0 fully saturated rings. The molecule has 2 aromatic rings. The van der Waals surface area contributed by atoms with Crippen molar-refractivity contribution >= 4 is 5.91 Å². The fourth-order valence-electron chi connectivity index (χ4n) is 2.26. The van der Waals surface area contributed by atoms with Gasteiger partial charge in [0.15, 0.2) is 0 Å². The van der Waals surface area contributed by atoms with Gasteiger partial charge in [-0.1, -0.05) is 18.2 Å². The van der Waals surface area contributed by atoms with Crippen molar-refractivity contribution in [2.24, 2.45) is 0 Å². The maximum atomic E-state index is 12.1. The maximum absolute atomic E-state index is 12.1. The first kappa shape index (κ1) is 11.8. The molecule has 0 radical (unpaired) electrons. The van der Waals surface area contributed by atoms with Crippen LogP contribution in [0.2, 0.25) is 0 Å². The normalized spacial score (nSPS) is 17.4. The van der Waals surface area contributed by atoms with Crippen LogP contribution in [0, 0.1) is 6.92 Å². The highest BCUT2D eigenvalue weighted by atomic mass is 16.5. The molecule has 0 saturated heterocycles. The van der Waals surface area contributed by atoms with Crippen molar-refractivity contribution in [3.8, 4) is 5.75 Å². The third kappa shape index (κ3) is 2.31. The van der Waals surface area contributed by atoms with E-state index < -0.39 is 0 Å². The summed E-state index contributed by atoms with van der Waals surface area (Å²) in [6.45, 7) is 2.48. The number of nitrogens with zero attached hydrogens (tertiary/aromatic N) is 1. The molecular weight excluding hydrogens is 242 g/mol. The number of nitrogens with one attached hydrogen (secondary N) is 2. The summed E-state index contributed by atoms with van der Waals surface area (Å²) in [6, 6.07) is 9.50. The van der Waals surface area contributed by atoms with Gasteiger partial charge in [-0.2, -0.15) is 5.10 Å². The molecule has 19 heavy (non-hydrogen) atoms. The van der Waals surface area contributed by atoms with Crippen molar-refractivity contribution < 1.29 is 9.53 Å². The Morgan fingerprint density at radius 2 is 2.32 bits per heavy atom. The maximum Gasteiger partial charge on any atom is 0.272 e. The van der Waals surface area contributed by atoms with E-state index in [2.05, 4.69) is 15.5 Å². The average molecular weight is 257 g/mol. The molecule has 1 amide bonds. The van der Waals surface area contributed by atoms with Crippen molar-refractivity contribution in [2.45, 2.75) is 19.4 Å². The molecule has 0 bridgehead atoms. The van der Waals surface area contributed by atoms with Crippen LogP contribution in [0.15, 0.2) is 30.3 Å². The largest absolute Gasteiger partial charge is 0.493 e. The van der Waals surface area contributed by atoms with Crippen molar-refractivity contribution in [2.75, 3.05) is 6.61 Å². The molecule has 0 aliphatic carbocycles. The minimum absolute atomic E-state index is 0.0190. The number of rotatable bonds is 2. The molecule has 2 N–H and O–H groups in total. The second-order valence-electron chi connectivity index (χ2n) is 4.64. The van der Waals surface area contributed by atoms with Crippen LogP contribution < -0.4 is 10.1 Å². The standard InChI is InChI=1S/C14H15N3O2/c1-9-8-12(17-16-9)14(18)15-11-6-7-19-13-5-3-2-4-10(11)13/h2-5,8,11H,6-7H2,1H3,(H,15,18)(H,16,17)/t11-/m1/s1. The first-order chi connectivity index (χ1) is 9.24. The number of carbonyl (C=O) groups is 1. The molecule has 2 heterocycles. The number of ether oxygens (including phenoxy) is 1. The van der Waals surface area contributed by atoms with E-state index in [1.807, 2.05) is 31.2 Å². The van der Waals surface area contributed by atoms with E-state index in [0.717, 1.165) is 23.4 Å². The zero-order chi connectivity index (χ0) is 13.2. The average Bonchev–Trinajstić information content (AvgIpc) is 2.86. The number of hydrogen-bond donors (Lipinski definition) is 2. The minimum Gasteiger partial charge on any atom is -0.493 e. The Labute approximate surface area is 111 Å². The van der Waals surface area contributed by atoms with E-state index in [0.29, 0.717) is 12.3 Å². The first-order valence-electron chi connectivity index (χ1n) is 6.28. The monoisotopic (exact) mass is 257 g/mol. The number of aromatic amines is 1. The summed E-state index contributed by atoms with van der Waals surface area (Å²) in [5, 5.41) is 9.74. The lowest BCUT2D eigenvalue weighted by molar-refractivity contribution is 0.0919. The molecule has 0 saturated carbocycles. The molecule has 1 aliphatic rings. The number of fused-ring (bicyclic) bond motifs is 1. The fraction of sp³-hybridized carbons (Fsp3) is 0.286. The van der Waals surface area contributed by atoms with Gasteiger partial charge in [0, 0.05) is 17.7 Å². The lowest BCUT2D eigenvalue weighted by atomic mass is 10.0. The van der Waals surface area contributed by atoms with Crippen molar-refractivity contribution in [1.29, 1.82) is 0 Å². The highest BCUT2D eigenvalue weighted by Gasteiger charge is 2.23. The number of amides is 1. The van der Waals surface area contributed by atoms with Gasteiger partial charge in [0.25, 0.3) is 5.91 Å². The Balaban J connectivity index is 1.79. The lowest BCUT2D eigenvalue weighted by Crippen LogP contribution is -2.32. The van der Waals surface area contributed by atoms with Crippen LogP contribution in [0.3, 0.4) is 0 Å². The zero-order valence-corrected chi connectivity index (χ0v) is 10.6. The molecule has 1 aromatic carbocycles. The summed E-state index contributed by atoms with van der Waals surface area (Å²) in [7, 11) is 0. The van der Waals surface area contributed by atoms with Crippen LogP contribution in [0.1, 0.15) is 34.2 Å². The Morgan fingerprint density at radius 3 is 3.11 bits per heavy atom.